The Bertz CT molecular complexity index is 717. The van der Waals surface area contributed by atoms with Crippen LogP contribution in [0.3, 0.4) is 0 Å². The maximum absolute atomic E-state index is 11.9. The zero-order valence-corrected chi connectivity index (χ0v) is 13.8. The second-order valence-corrected chi connectivity index (χ2v) is 5.93. The first-order valence-corrected chi connectivity index (χ1v) is 7.50. The van der Waals surface area contributed by atoms with Gasteiger partial charge in [-0.2, -0.15) is 0 Å². The van der Waals surface area contributed by atoms with Crippen molar-refractivity contribution in [2.24, 2.45) is 0 Å². The van der Waals surface area contributed by atoms with Crippen molar-refractivity contribution in [3.8, 4) is 0 Å². The molecular weight excluding hydrogens is 375 g/mol. The minimum atomic E-state index is -0.272. The van der Waals surface area contributed by atoms with Gasteiger partial charge in [0.15, 0.2) is 0 Å². The van der Waals surface area contributed by atoms with Crippen molar-refractivity contribution in [3.05, 3.63) is 62.6 Å². The van der Waals surface area contributed by atoms with Gasteiger partial charge < -0.3 is 11.1 Å². The molecule has 0 saturated heterocycles. The molecule has 0 bridgehead atoms. The largest absolute Gasteiger partial charge is 0.399 e. The highest BCUT2D eigenvalue weighted by atomic mass is 79.9. The second kappa shape index (κ2) is 6.98. The van der Waals surface area contributed by atoms with E-state index in [1.807, 2.05) is 0 Å². The van der Waals surface area contributed by atoms with Crippen LogP contribution in [0.4, 0.5) is 11.4 Å². The number of nitrogen functional groups attached to an aromatic ring is 1. The van der Waals surface area contributed by atoms with Gasteiger partial charge in [-0.1, -0.05) is 29.3 Å². The van der Waals surface area contributed by atoms with E-state index in [-0.39, 0.29) is 5.91 Å². The summed E-state index contributed by atoms with van der Waals surface area (Å²) in [4.78, 5) is 11.9. The lowest BCUT2D eigenvalue weighted by Crippen LogP contribution is -2.08. The molecule has 0 aliphatic carbocycles. The van der Waals surface area contributed by atoms with E-state index in [1.165, 1.54) is 6.08 Å². The molecule has 1 amide bonds. The Hall–Kier alpha value is -1.49. The molecule has 0 unspecified atom stereocenters. The molecule has 0 aliphatic rings. The van der Waals surface area contributed by atoms with Gasteiger partial charge in [0, 0.05) is 26.3 Å². The Labute approximate surface area is 140 Å². The summed E-state index contributed by atoms with van der Waals surface area (Å²) in [6, 6.07) is 10.2. The van der Waals surface area contributed by atoms with Gasteiger partial charge in [0.1, 0.15) is 0 Å². The van der Waals surface area contributed by atoms with Crippen LogP contribution in [0.15, 0.2) is 46.9 Å². The molecular formula is C15H11BrCl2N2O. The predicted octanol–water partition coefficient (Wildman–Crippen LogP) is 4.99. The number of hydrogen-bond acceptors (Lipinski definition) is 2. The zero-order valence-electron chi connectivity index (χ0n) is 10.7. The standard InChI is InChI=1S/C15H11BrCl2N2O/c16-12-8-11(19)4-5-14(12)20-15(21)6-2-9-1-3-10(17)7-13(9)18/h1-8H,19H2,(H,20,21)/b6-2+. The summed E-state index contributed by atoms with van der Waals surface area (Å²) in [6.45, 7) is 0. The molecule has 21 heavy (non-hydrogen) atoms. The Kier molecular flexibility index (Phi) is 5.28. The van der Waals surface area contributed by atoms with E-state index >= 15 is 0 Å². The van der Waals surface area contributed by atoms with Gasteiger partial charge in [0.25, 0.3) is 0 Å². The number of nitrogens with one attached hydrogen (secondary N) is 1. The monoisotopic (exact) mass is 384 g/mol. The average Bonchev–Trinajstić information content (AvgIpc) is 2.41. The van der Waals surface area contributed by atoms with Crippen LogP contribution in [0.2, 0.25) is 10.0 Å². The maximum Gasteiger partial charge on any atom is 0.248 e. The molecule has 108 valence electrons. The minimum Gasteiger partial charge on any atom is -0.399 e. The minimum absolute atomic E-state index is 0.272. The maximum atomic E-state index is 11.9. The Balaban J connectivity index is 2.09. The number of halogens is 3. The molecule has 0 heterocycles. The first-order valence-electron chi connectivity index (χ1n) is 5.95. The van der Waals surface area contributed by atoms with Gasteiger partial charge in [-0.05, 0) is 57.9 Å². The lowest BCUT2D eigenvalue weighted by atomic mass is 10.2. The van der Waals surface area contributed by atoms with Crippen molar-refractivity contribution >= 4 is 62.5 Å². The second-order valence-electron chi connectivity index (χ2n) is 4.23. The first kappa shape index (κ1) is 15.9. The van der Waals surface area contributed by atoms with Crippen LogP contribution >= 0.6 is 39.1 Å². The number of nitrogens with two attached hydrogens (primary N) is 1. The topological polar surface area (TPSA) is 55.1 Å². The molecule has 0 radical (unpaired) electrons. The summed E-state index contributed by atoms with van der Waals surface area (Å²) in [5.41, 5.74) is 7.61. The number of amides is 1. The van der Waals surface area contributed by atoms with Crippen LogP contribution in [0.25, 0.3) is 6.08 Å². The summed E-state index contributed by atoms with van der Waals surface area (Å²) in [6.07, 6.45) is 3.02. The van der Waals surface area contributed by atoms with Gasteiger partial charge in [0.05, 0.1) is 5.69 Å². The fourth-order valence-corrected chi connectivity index (χ4v) is 2.58. The number of hydrogen-bond donors (Lipinski definition) is 2. The van der Waals surface area contributed by atoms with Crippen LogP contribution in [-0.2, 0) is 4.79 Å². The van der Waals surface area contributed by atoms with Crippen molar-refractivity contribution in [3.63, 3.8) is 0 Å². The normalized spacial score (nSPS) is 10.8. The Morgan fingerprint density at radius 1 is 1.19 bits per heavy atom. The van der Waals surface area contributed by atoms with Crippen LogP contribution in [0.1, 0.15) is 5.56 Å². The molecule has 0 spiro atoms. The lowest BCUT2D eigenvalue weighted by Gasteiger charge is -2.06. The van der Waals surface area contributed by atoms with Gasteiger partial charge in [-0.3, -0.25) is 4.79 Å². The number of rotatable bonds is 3. The highest BCUT2D eigenvalue weighted by molar-refractivity contribution is 9.10. The molecule has 3 nitrogen and oxygen atoms in total. The van der Waals surface area contributed by atoms with Gasteiger partial charge >= 0.3 is 0 Å². The summed E-state index contributed by atoms with van der Waals surface area (Å²) >= 11 is 15.2. The molecule has 2 aromatic carbocycles. The highest BCUT2D eigenvalue weighted by Gasteiger charge is 2.04. The number of carbonyl (C=O) groups is 1. The van der Waals surface area contributed by atoms with E-state index < -0.39 is 0 Å². The Morgan fingerprint density at radius 3 is 2.62 bits per heavy atom. The van der Waals surface area contributed by atoms with Gasteiger partial charge in [-0.15, -0.1) is 0 Å². The third-order valence-corrected chi connectivity index (χ3v) is 3.85. The van der Waals surface area contributed by atoms with Crippen LogP contribution in [-0.4, -0.2) is 5.91 Å². The van der Waals surface area contributed by atoms with Crippen LogP contribution in [0, 0.1) is 0 Å². The molecule has 2 rings (SSSR count). The fraction of sp³-hybridized carbons (Fsp3) is 0. The van der Waals surface area contributed by atoms with Crippen molar-refractivity contribution in [2.45, 2.75) is 0 Å². The van der Waals surface area contributed by atoms with Crippen LogP contribution in [0.5, 0.6) is 0 Å². The molecule has 0 aromatic heterocycles. The van der Waals surface area contributed by atoms with Gasteiger partial charge in [-0.25, -0.2) is 0 Å². The molecule has 0 atom stereocenters. The molecule has 2 aromatic rings. The number of benzene rings is 2. The van der Waals surface area contributed by atoms with E-state index in [0.717, 1.165) is 0 Å². The zero-order chi connectivity index (χ0) is 15.4. The lowest BCUT2D eigenvalue weighted by molar-refractivity contribution is -0.111. The molecule has 0 fully saturated rings. The van der Waals surface area contributed by atoms with E-state index in [2.05, 4.69) is 21.2 Å². The van der Waals surface area contributed by atoms with Crippen molar-refractivity contribution in [2.75, 3.05) is 11.1 Å². The van der Waals surface area contributed by atoms with Gasteiger partial charge in [0.2, 0.25) is 5.91 Å². The quantitative estimate of drug-likeness (QED) is 0.577. The van der Waals surface area contributed by atoms with E-state index in [0.29, 0.717) is 31.5 Å². The summed E-state index contributed by atoms with van der Waals surface area (Å²) in [5.74, 6) is -0.272. The van der Waals surface area contributed by atoms with Crippen molar-refractivity contribution in [1.82, 2.24) is 0 Å². The number of carbonyl (C=O) groups excluding carboxylic acids is 1. The van der Waals surface area contributed by atoms with E-state index in [4.69, 9.17) is 28.9 Å². The SMILES string of the molecule is Nc1ccc(NC(=O)/C=C/c2ccc(Cl)cc2Cl)c(Br)c1. The third kappa shape index (κ3) is 4.49. The third-order valence-electron chi connectivity index (χ3n) is 2.63. The summed E-state index contributed by atoms with van der Waals surface area (Å²) < 4.78 is 0.716. The summed E-state index contributed by atoms with van der Waals surface area (Å²) in [7, 11) is 0. The van der Waals surface area contributed by atoms with E-state index in [9.17, 15) is 4.79 Å². The Morgan fingerprint density at radius 2 is 1.95 bits per heavy atom. The average molecular weight is 386 g/mol. The highest BCUT2D eigenvalue weighted by Crippen LogP contribution is 2.25. The molecule has 0 saturated carbocycles. The number of anilines is 2. The first-order chi connectivity index (χ1) is 9.95. The molecule has 6 heteroatoms. The molecule has 0 aliphatic heterocycles. The van der Waals surface area contributed by atoms with Crippen molar-refractivity contribution in [1.29, 1.82) is 0 Å². The molecule has 3 N–H and O–H groups in total. The summed E-state index contributed by atoms with van der Waals surface area (Å²) in [5, 5.41) is 3.78. The van der Waals surface area contributed by atoms with E-state index in [1.54, 1.807) is 42.5 Å². The van der Waals surface area contributed by atoms with Crippen LogP contribution < -0.4 is 11.1 Å². The fourth-order valence-electron chi connectivity index (χ4n) is 1.61. The van der Waals surface area contributed by atoms with Crippen molar-refractivity contribution < 1.29 is 4.79 Å². The predicted molar refractivity (Wildman–Crippen MR) is 92.7 cm³/mol. The smallest absolute Gasteiger partial charge is 0.248 e.